The molecule has 1 aliphatic carbocycles. The van der Waals surface area contributed by atoms with Crippen molar-refractivity contribution in [2.45, 2.75) is 51.9 Å². The number of nitrogens with zero attached hydrogens (tertiary/aromatic N) is 1. The van der Waals surface area contributed by atoms with E-state index >= 15 is 0 Å². The molecule has 0 amide bonds. The Balaban J connectivity index is 1.90. The van der Waals surface area contributed by atoms with Crippen molar-refractivity contribution in [3.8, 4) is 0 Å². The molecule has 1 heterocycles. The summed E-state index contributed by atoms with van der Waals surface area (Å²) >= 11 is 0. The molecule has 0 aliphatic heterocycles. The van der Waals surface area contributed by atoms with Gasteiger partial charge in [0.05, 0.1) is 0 Å². The lowest BCUT2D eigenvalue weighted by Gasteiger charge is -2.19. The van der Waals surface area contributed by atoms with E-state index in [0.717, 1.165) is 18.3 Å². The summed E-state index contributed by atoms with van der Waals surface area (Å²) in [7, 11) is 0. The highest BCUT2D eigenvalue weighted by Crippen LogP contribution is 2.32. The number of aromatic amines is 1. The van der Waals surface area contributed by atoms with Crippen LogP contribution in [0.4, 0.5) is 5.82 Å². The Morgan fingerprint density at radius 3 is 2.81 bits per heavy atom. The Bertz CT molecular complexity index is 311. The van der Waals surface area contributed by atoms with Gasteiger partial charge in [-0.1, -0.05) is 33.1 Å². The van der Waals surface area contributed by atoms with E-state index in [2.05, 4.69) is 35.4 Å². The van der Waals surface area contributed by atoms with E-state index in [-0.39, 0.29) is 0 Å². The summed E-state index contributed by atoms with van der Waals surface area (Å²) in [4.78, 5) is 0. The fourth-order valence-corrected chi connectivity index (χ4v) is 2.36. The van der Waals surface area contributed by atoms with Crippen LogP contribution in [-0.2, 0) is 0 Å². The second-order valence-electron chi connectivity index (χ2n) is 5.32. The number of H-pyrrole nitrogens is 1. The van der Waals surface area contributed by atoms with Gasteiger partial charge in [0.1, 0.15) is 5.82 Å². The molecule has 1 aromatic heterocycles. The summed E-state index contributed by atoms with van der Waals surface area (Å²) in [6, 6.07) is 2.19. The van der Waals surface area contributed by atoms with Crippen LogP contribution in [0, 0.1) is 5.92 Å². The minimum atomic E-state index is 0.662. The zero-order valence-corrected chi connectivity index (χ0v) is 10.4. The van der Waals surface area contributed by atoms with E-state index in [9.17, 15) is 0 Å². The molecule has 0 atom stereocenters. The molecule has 90 valence electrons. The average Bonchev–Trinajstić information content (AvgIpc) is 2.76. The summed E-state index contributed by atoms with van der Waals surface area (Å²) < 4.78 is 0. The number of nitrogens with one attached hydrogen (secondary N) is 2. The third kappa shape index (κ3) is 3.00. The summed E-state index contributed by atoms with van der Waals surface area (Å²) in [6.07, 6.45) is 6.80. The van der Waals surface area contributed by atoms with E-state index in [1.807, 2.05) is 0 Å². The molecule has 16 heavy (non-hydrogen) atoms. The second-order valence-corrected chi connectivity index (χ2v) is 5.32. The third-order valence-electron chi connectivity index (χ3n) is 3.33. The molecule has 0 unspecified atom stereocenters. The first-order valence-electron chi connectivity index (χ1n) is 6.55. The van der Waals surface area contributed by atoms with Crippen LogP contribution in [-0.4, -0.2) is 16.7 Å². The molecular weight excluding hydrogens is 198 g/mol. The molecular formula is C13H23N3. The predicted molar refractivity (Wildman–Crippen MR) is 67.7 cm³/mol. The first-order valence-corrected chi connectivity index (χ1v) is 6.55. The van der Waals surface area contributed by atoms with Crippen LogP contribution in [0.2, 0.25) is 0 Å². The van der Waals surface area contributed by atoms with Gasteiger partial charge < -0.3 is 5.32 Å². The maximum absolute atomic E-state index is 4.33. The van der Waals surface area contributed by atoms with Crippen LogP contribution in [0.1, 0.15) is 57.6 Å². The van der Waals surface area contributed by atoms with Crippen LogP contribution in [0.25, 0.3) is 0 Å². The van der Waals surface area contributed by atoms with Crippen molar-refractivity contribution < 1.29 is 0 Å². The van der Waals surface area contributed by atoms with Crippen molar-refractivity contribution in [3.05, 3.63) is 11.8 Å². The Morgan fingerprint density at radius 1 is 1.38 bits per heavy atom. The lowest BCUT2D eigenvalue weighted by atomic mass is 9.87. The van der Waals surface area contributed by atoms with Crippen LogP contribution in [0.15, 0.2) is 6.07 Å². The normalized spacial score (nSPS) is 17.9. The lowest BCUT2D eigenvalue weighted by molar-refractivity contribution is 0.436. The Kier molecular flexibility index (Phi) is 3.86. The van der Waals surface area contributed by atoms with E-state index in [1.165, 1.54) is 37.8 Å². The minimum absolute atomic E-state index is 0.662. The zero-order valence-electron chi connectivity index (χ0n) is 10.4. The fraction of sp³-hybridized carbons (Fsp3) is 0.769. The van der Waals surface area contributed by atoms with Gasteiger partial charge in [0, 0.05) is 24.2 Å². The number of aromatic nitrogens is 2. The van der Waals surface area contributed by atoms with Gasteiger partial charge in [0.15, 0.2) is 0 Å². The Labute approximate surface area is 98.0 Å². The van der Waals surface area contributed by atoms with Crippen molar-refractivity contribution >= 4 is 5.82 Å². The van der Waals surface area contributed by atoms with Crippen molar-refractivity contribution in [2.75, 3.05) is 11.9 Å². The molecule has 0 saturated heterocycles. The van der Waals surface area contributed by atoms with E-state index in [1.54, 1.807) is 0 Å². The molecule has 0 radical (unpaired) electrons. The third-order valence-corrected chi connectivity index (χ3v) is 3.33. The molecule has 3 nitrogen and oxygen atoms in total. The molecule has 2 rings (SSSR count). The maximum Gasteiger partial charge on any atom is 0.148 e. The SMILES string of the molecule is CC(C)CNc1cc(C2CCCCC2)[nH]n1. The molecule has 1 saturated carbocycles. The Morgan fingerprint density at radius 2 is 2.12 bits per heavy atom. The van der Waals surface area contributed by atoms with Crippen molar-refractivity contribution in [1.29, 1.82) is 0 Å². The average molecular weight is 221 g/mol. The first kappa shape index (κ1) is 11.5. The van der Waals surface area contributed by atoms with E-state index in [0.29, 0.717) is 5.92 Å². The molecule has 0 aromatic carbocycles. The van der Waals surface area contributed by atoms with Crippen molar-refractivity contribution in [1.82, 2.24) is 10.2 Å². The van der Waals surface area contributed by atoms with Gasteiger partial charge in [-0.25, -0.2) is 0 Å². The number of anilines is 1. The maximum atomic E-state index is 4.33. The quantitative estimate of drug-likeness (QED) is 0.816. The van der Waals surface area contributed by atoms with Gasteiger partial charge >= 0.3 is 0 Å². The van der Waals surface area contributed by atoms with Gasteiger partial charge in [-0.3, -0.25) is 5.10 Å². The predicted octanol–water partition coefficient (Wildman–Crippen LogP) is 3.53. The van der Waals surface area contributed by atoms with Crippen LogP contribution >= 0.6 is 0 Å². The summed E-state index contributed by atoms with van der Waals surface area (Å²) in [5, 5.41) is 10.9. The van der Waals surface area contributed by atoms with E-state index in [4.69, 9.17) is 0 Å². The zero-order chi connectivity index (χ0) is 11.4. The highest BCUT2D eigenvalue weighted by Gasteiger charge is 2.17. The summed E-state index contributed by atoms with van der Waals surface area (Å²) in [5.41, 5.74) is 1.32. The molecule has 2 N–H and O–H groups in total. The van der Waals surface area contributed by atoms with Gasteiger partial charge in [-0.2, -0.15) is 5.10 Å². The highest BCUT2D eigenvalue weighted by molar-refractivity contribution is 5.36. The second kappa shape index (κ2) is 5.37. The fourth-order valence-electron chi connectivity index (χ4n) is 2.36. The smallest absolute Gasteiger partial charge is 0.148 e. The first-order chi connectivity index (χ1) is 7.75. The van der Waals surface area contributed by atoms with Gasteiger partial charge in [-0.15, -0.1) is 0 Å². The topological polar surface area (TPSA) is 40.7 Å². The molecule has 1 aromatic rings. The standard InChI is InChI=1S/C13H23N3/c1-10(2)9-14-13-8-12(15-16-13)11-6-4-3-5-7-11/h8,10-11H,3-7,9H2,1-2H3,(H2,14,15,16). The summed E-state index contributed by atoms with van der Waals surface area (Å²) in [5.74, 6) is 2.39. The van der Waals surface area contributed by atoms with Crippen LogP contribution in [0.5, 0.6) is 0 Å². The number of rotatable bonds is 4. The van der Waals surface area contributed by atoms with Crippen molar-refractivity contribution in [2.24, 2.45) is 5.92 Å². The molecule has 1 fully saturated rings. The lowest BCUT2D eigenvalue weighted by Crippen LogP contribution is -2.07. The summed E-state index contributed by atoms with van der Waals surface area (Å²) in [6.45, 7) is 5.42. The van der Waals surface area contributed by atoms with E-state index < -0.39 is 0 Å². The molecule has 3 heteroatoms. The minimum Gasteiger partial charge on any atom is -0.368 e. The molecule has 0 bridgehead atoms. The van der Waals surface area contributed by atoms with Crippen molar-refractivity contribution in [3.63, 3.8) is 0 Å². The van der Waals surface area contributed by atoms with Gasteiger partial charge in [0.25, 0.3) is 0 Å². The monoisotopic (exact) mass is 221 g/mol. The highest BCUT2D eigenvalue weighted by atomic mass is 15.2. The Hall–Kier alpha value is -0.990. The molecule has 0 spiro atoms. The van der Waals surface area contributed by atoms with Crippen LogP contribution in [0.3, 0.4) is 0 Å². The largest absolute Gasteiger partial charge is 0.368 e. The number of hydrogen-bond acceptors (Lipinski definition) is 2. The van der Waals surface area contributed by atoms with Crippen LogP contribution < -0.4 is 5.32 Å². The van der Waals surface area contributed by atoms with Gasteiger partial charge in [-0.05, 0) is 18.8 Å². The van der Waals surface area contributed by atoms with Gasteiger partial charge in [0.2, 0.25) is 0 Å². The number of hydrogen-bond donors (Lipinski definition) is 2. The molecule has 1 aliphatic rings.